The molecule has 1 aromatic carbocycles. The molecule has 1 N–H and O–H groups in total. The molecule has 0 bridgehead atoms. The van der Waals surface area contributed by atoms with Crippen LogP contribution in [0.2, 0.25) is 0 Å². The van der Waals surface area contributed by atoms with E-state index in [0.29, 0.717) is 0 Å². The molecule has 0 saturated heterocycles. The predicted octanol–water partition coefficient (Wildman–Crippen LogP) is 5.55. The van der Waals surface area contributed by atoms with Crippen LogP contribution in [-0.2, 0) is 39.6 Å². The Morgan fingerprint density at radius 1 is 0.842 bits per heavy atom. The number of imidazole rings is 3. The summed E-state index contributed by atoms with van der Waals surface area (Å²) in [6, 6.07) is 6.78. The lowest BCUT2D eigenvalue weighted by Crippen LogP contribution is -2.26. The van der Waals surface area contributed by atoms with Crippen molar-refractivity contribution in [3.63, 3.8) is 0 Å². The Labute approximate surface area is 228 Å². The monoisotopic (exact) mass is 518 g/mol. The van der Waals surface area contributed by atoms with E-state index in [9.17, 15) is 0 Å². The molecular formula is C30H46N8. The van der Waals surface area contributed by atoms with E-state index >= 15 is 0 Å². The highest BCUT2D eigenvalue weighted by Crippen LogP contribution is 2.22. The molecule has 0 aliphatic carbocycles. The zero-order chi connectivity index (χ0) is 26.7. The van der Waals surface area contributed by atoms with E-state index in [1.807, 2.05) is 24.8 Å². The van der Waals surface area contributed by atoms with E-state index in [-0.39, 0.29) is 0 Å². The summed E-state index contributed by atoms with van der Waals surface area (Å²) in [6.45, 7) is 13.8. The van der Waals surface area contributed by atoms with Crippen LogP contribution in [-0.4, -0.2) is 58.5 Å². The lowest BCUT2D eigenvalue weighted by Gasteiger charge is -2.21. The van der Waals surface area contributed by atoms with Gasteiger partial charge in [-0.2, -0.15) is 0 Å². The second kappa shape index (κ2) is 14.3. The van der Waals surface area contributed by atoms with Gasteiger partial charge in [0.05, 0.1) is 24.1 Å². The molecule has 0 radical (unpaired) electrons. The van der Waals surface area contributed by atoms with Gasteiger partial charge in [-0.25, -0.2) is 15.0 Å². The van der Waals surface area contributed by atoms with Crippen LogP contribution in [0.1, 0.15) is 75.9 Å². The Kier molecular flexibility index (Phi) is 10.5. The number of hydrogen-bond acceptors (Lipinski definition) is 5. The molecule has 4 rings (SSSR count). The van der Waals surface area contributed by atoms with Crippen LogP contribution in [0.15, 0.2) is 43.0 Å². The second-order valence-corrected chi connectivity index (χ2v) is 10.4. The van der Waals surface area contributed by atoms with Crippen LogP contribution in [0.3, 0.4) is 0 Å². The summed E-state index contributed by atoms with van der Waals surface area (Å²) in [5.41, 5.74) is 3.65. The normalized spacial score (nSPS) is 11.9. The zero-order valence-corrected chi connectivity index (χ0v) is 23.9. The van der Waals surface area contributed by atoms with Crippen LogP contribution in [0.4, 0.5) is 0 Å². The van der Waals surface area contributed by atoms with Gasteiger partial charge in [-0.15, -0.1) is 0 Å². The summed E-state index contributed by atoms with van der Waals surface area (Å²) in [4.78, 5) is 22.4. The number of fused-ring (bicyclic) bond motifs is 1. The maximum Gasteiger partial charge on any atom is 0.122 e. The van der Waals surface area contributed by atoms with Gasteiger partial charge in [0.1, 0.15) is 17.5 Å². The number of aryl methyl sites for hydroxylation is 3. The molecule has 0 spiro atoms. The van der Waals surface area contributed by atoms with Gasteiger partial charge in [0.25, 0.3) is 0 Å². The maximum absolute atomic E-state index is 5.08. The molecule has 206 valence electrons. The van der Waals surface area contributed by atoms with E-state index in [4.69, 9.17) is 4.98 Å². The van der Waals surface area contributed by atoms with Crippen molar-refractivity contribution in [2.45, 2.75) is 85.5 Å². The minimum Gasteiger partial charge on any atom is -0.348 e. The largest absolute Gasteiger partial charge is 0.348 e. The highest BCUT2D eigenvalue weighted by atomic mass is 15.2. The number of H-pyrrole nitrogens is 1. The molecule has 3 heterocycles. The number of aromatic amines is 1. The lowest BCUT2D eigenvalue weighted by molar-refractivity contribution is 0.233. The summed E-state index contributed by atoms with van der Waals surface area (Å²) in [6.07, 6.45) is 14.6. The lowest BCUT2D eigenvalue weighted by atomic mass is 10.1. The average molecular weight is 519 g/mol. The van der Waals surface area contributed by atoms with Crippen LogP contribution in [0.5, 0.6) is 0 Å². The molecule has 3 aromatic heterocycles. The Hall–Kier alpha value is -2.97. The SMILES string of the molecule is CCCN(CCC)CCCCc1nc2ccc(CN(Cc3ncc[nH]3)Cc3nccn3C)cc2n1CCC. The van der Waals surface area contributed by atoms with Crippen molar-refractivity contribution in [1.82, 2.24) is 38.9 Å². The number of nitrogens with one attached hydrogen (secondary N) is 1. The minimum atomic E-state index is 0.741. The molecule has 8 nitrogen and oxygen atoms in total. The third-order valence-corrected chi connectivity index (χ3v) is 7.16. The molecular weight excluding hydrogens is 472 g/mol. The molecule has 0 fully saturated rings. The van der Waals surface area contributed by atoms with Gasteiger partial charge in [-0.1, -0.05) is 26.8 Å². The summed E-state index contributed by atoms with van der Waals surface area (Å²) in [7, 11) is 2.05. The zero-order valence-electron chi connectivity index (χ0n) is 23.9. The molecule has 0 saturated carbocycles. The van der Waals surface area contributed by atoms with E-state index in [1.54, 1.807) is 0 Å². The topological polar surface area (TPSA) is 70.8 Å². The molecule has 0 amide bonds. The van der Waals surface area contributed by atoms with Crippen molar-refractivity contribution >= 4 is 11.0 Å². The Morgan fingerprint density at radius 3 is 2.37 bits per heavy atom. The number of benzene rings is 1. The molecule has 38 heavy (non-hydrogen) atoms. The molecule has 4 aromatic rings. The number of aromatic nitrogens is 6. The number of rotatable bonds is 17. The minimum absolute atomic E-state index is 0.741. The standard InChI is InChI=1S/C30H46N8/c1-5-16-36(17-6-2)19-9-8-10-29-34-26-12-11-25(21-27(26)38(29)18-7-3)22-37(23-28-31-13-14-32-28)24-30-33-15-20-35(30)4/h11-15,20-21H,5-10,16-19,22-24H2,1-4H3,(H,31,32). The van der Waals surface area contributed by atoms with Crippen LogP contribution >= 0.6 is 0 Å². The maximum atomic E-state index is 5.08. The van der Waals surface area contributed by atoms with Crippen molar-refractivity contribution in [3.8, 4) is 0 Å². The fraction of sp³-hybridized carbons (Fsp3) is 0.567. The fourth-order valence-electron chi connectivity index (χ4n) is 5.34. The molecule has 0 unspecified atom stereocenters. The van der Waals surface area contributed by atoms with Crippen molar-refractivity contribution in [2.24, 2.45) is 7.05 Å². The highest BCUT2D eigenvalue weighted by molar-refractivity contribution is 5.77. The van der Waals surface area contributed by atoms with Crippen LogP contribution in [0, 0.1) is 0 Å². The first kappa shape index (κ1) is 28.0. The van der Waals surface area contributed by atoms with E-state index in [1.165, 1.54) is 62.2 Å². The van der Waals surface area contributed by atoms with E-state index in [0.717, 1.165) is 56.2 Å². The van der Waals surface area contributed by atoms with Gasteiger partial charge in [0, 0.05) is 51.3 Å². The van der Waals surface area contributed by atoms with Crippen LogP contribution in [0.25, 0.3) is 11.0 Å². The molecule has 8 heteroatoms. The van der Waals surface area contributed by atoms with E-state index in [2.05, 4.69) is 79.9 Å². The first-order chi connectivity index (χ1) is 18.6. The Bertz CT molecular complexity index is 1220. The summed E-state index contributed by atoms with van der Waals surface area (Å²) >= 11 is 0. The van der Waals surface area contributed by atoms with Crippen molar-refractivity contribution in [2.75, 3.05) is 19.6 Å². The van der Waals surface area contributed by atoms with Crippen molar-refractivity contribution < 1.29 is 0 Å². The van der Waals surface area contributed by atoms with Gasteiger partial charge >= 0.3 is 0 Å². The fourth-order valence-corrected chi connectivity index (χ4v) is 5.34. The Balaban J connectivity index is 1.48. The van der Waals surface area contributed by atoms with Crippen LogP contribution < -0.4 is 0 Å². The number of nitrogens with zero attached hydrogens (tertiary/aromatic N) is 7. The first-order valence-corrected chi connectivity index (χ1v) is 14.5. The third-order valence-electron chi connectivity index (χ3n) is 7.16. The first-order valence-electron chi connectivity index (χ1n) is 14.5. The summed E-state index contributed by atoms with van der Waals surface area (Å²) < 4.78 is 4.55. The van der Waals surface area contributed by atoms with Crippen molar-refractivity contribution in [3.05, 3.63) is 66.0 Å². The average Bonchev–Trinajstić information content (AvgIpc) is 3.64. The predicted molar refractivity (Wildman–Crippen MR) is 155 cm³/mol. The van der Waals surface area contributed by atoms with Gasteiger partial charge in [-0.05, 0) is 69.4 Å². The smallest absolute Gasteiger partial charge is 0.122 e. The molecule has 0 atom stereocenters. The van der Waals surface area contributed by atoms with Gasteiger partial charge in [0.15, 0.2) is 0 Å². The summed E-state index contributed by atoms with van der Waals surface area (Å²) in [5, 5.41) is 0. The number of unbranched alkanes of at least 4 members (excludes halogenated alkanes) is 1. The number of hydrogen-bond donors (Lipinski definition) is 1. The Morgan fingerprint density at radius 2 is 1.68 bits per heavy atom. The molecule has 0 aliphatic heterocycles. The molecule has 0 aliphatic rings. The van der Waals surface area contributed by atoms with Gasteiger partial charge in [0.2, 0.25) is 0 Å². The van der Waals surface area contributed by atoms with Gasteiger partial charge < -0.3 is 19.0 Å². The third kappa shape index (κ3) is 7.54. The second-order valence-electron chi connectivity index (χ2n) is 10.4. The summed E-state index contributed by atoms with van der Waals surface area (Å²) in [5.74, 6) is 3.25. The van der Waals surface area contributed by atoms with Gasteiger partial charge in [-0.3, -0.25) is 4.90 Å². The highest BCUT2D eigenvalue weighted by Gasteiger charge is 2.15. The quantitative estimate of drug-likeness (QED) is 0.186. The van der Waals surface area contributed by atoms with E-state index < -0.39 is 0 Å². The van der Waals surface area contributed by atoms with Crippen molar-refractivity contribution in [1.29, 1.82) is 0 Å².